The van der Waals surface area contributed by atoms with E-state index in [9.17, 15) is 4.79 Å². The summed E-state index contributed by atoms with van der Waals surface area (Å²) in [6.07, 6.45) is 10.2. The van der Waals surface area contributed by atoms with Crippen LogP contribution >= 0.6 is 0 Å². The number of hydrogen-bond acceptors (Lipinski definition) is 3. The Morgan fingerprint density at radius 3 is 2.35 bits per heavy atom. The molecule has 1 aliphatic heterocycles. The summed E-state index contributed by atoms with van der Waals surface area (Å²) in [7, 11) is 0. The average Bonchev–Trinajstić information content (AvgIpc) is 2.62. The Kier molecular flexibility index (Phi) is 6.09. The summed E-state index contributed by atoms with van der Waals surface area (Å²) in [5.74, 6) is -0.0173. The summed E-state index contributed by atoms with van der Waals surface area (Å²) in [6, 6.07) is 10.6. The molecule has 0 unspecified atom stereocenters. The number of carbonyl (C=O) groups excluding carboxylic acids is 1. The molecule has 1 saturated heterocycles. The number of likely N-dealkylation sites (tertiary alicyclic amines) is 1. The van der Waals surface area contributed by atoms with Crippen LogP contribution in [0.1, 0.15) is 69.4 Å². The van der Waals surface area contributed by atoms with Crippen molar-refractivity contribution in [3.63, 3.8) is 0 Å². The lowest BCUT2D eigenvalue weighted by atomic mass is 9.97. The van der Waals surface area contributed by atoms with Crippen molar-refractivity contribution in [3.8, 4) is 0 Å². The third-order valence-electron chi connectivity index (χ3n) is 5.23. The van der Waals surface area contributed by atoms with E-state index in [1.54, 1.807) is 0 Å². The molecule has 0 aromatic heterocycles. The molecule has 0 amide bonds. The van der Waals surface area contributed by atoms with E-state index >= 15 is 0 Å². The second kappa shape index (κ2) is 8.49. The van der Waals surface area contributed by atoms with E-state index in [4.69, 9.17) is 4.74 Å². The fraction of sp³-hybridized carbons (Fsp3) is 0.650. The first-order chi connectivity index (χ1) is 11.3. The predicted molar refractivity (Wildman–Crippen MR) is 92.2 cm³/mol. The minimum Gasteiger partial charge on any atom is -0.462 e. The zero-order chi connectivity index (χ0) is 15.9. The Labute approximate surface area is 140 Å². The van der Waals surface area contributed by atoms with Gasteiger partial charge in [-0.25, -0.2) is 0 Å². The zero-order valence-corrected chi connectivity index (χ0v) is 14.1. The molecule has 1 aromatic rings. The van der Waals surface area contributed by atoms with E-state index in [2.05, 4.69) is 29.2 Å². The van der Waals surface area contributed by atoms with Gasteiger partial charge in [0, 0.05) is 6.04 Å². The van der Waals surface area contributed by atoms with Gasteiger partial charge in [-0.1, -0.05) is 43.2 Å². The first kappa shape index (κ1) is 16.5. The zero-order valence-electron chi connectivity index (χ0n) is 14.1. The molecule has 1 saturated carbocycles. The summed E-state index contributed by atoms with van der Waals surface area (Å²) >= 11 is 0. The molecule has 2 fully saturated rings. The molecule has 0 bridgehead atoms. The molecule has 1 heterocycles. The summed E-state index contributed by atoms with van der Waals surface area (Å²) < 4.78 is 5.77. The van der Waals surface area contributed by atoms with Gasteiger partial charge in [-0.05, 0) is 57.2 Å². The van der Waals surface area contributed by atoms with E-state index in [1.165, 1.54) is 44.1 Å². The maximum absolute atomic E-state index is 12.5. The third kappa shape index (κ3) is 4.81. The summed E-state index contributed by atoms with van der Waals surface area (Å²) in [5.41, 5.74) is 1.25. The molecule has 3 nitrogen and oxygen atoms in total. The number of benzene rings is 1. The predicted octanol–water partition coefficient (Wildman–Crippen LogP) is 4.48. The van der Waals surface area contributed by atoms with Crippen molar-refractivity contribution in [1.29, 1.82) is 0 Å². The molecule has 126 valence electrons. The van der Waals surface area contributed by atoms with Crippen molar-refractivity contribution in [2.45, 2.75) is 69.9 Å². The number of rotatable bonds is 5. The van der Waals surface area contributed by atoms with Crippen LogP contribution in [0.2, 0.25) is 0 Å². The number of piperidine rings is 1. The van der Waals surface area contributed by atoms with Gasteiger partial charge in [0.05, 0.1) is 6.42 Å². The van der Waals surface area contributed by atoms with Crippen molar-refractivity contribution in [1.82, 2.24) is 4.90 Å². The minimum atomic E-state index is -0.0173. The highest BCUT2D eigenvalue weighted by Crippen LogP contribution is 2.29. The van der Waals surface area contributed by atoms with Gasteiger partial charge >= 0.3 is 5.97 Å². The van der Waals surface area contributed by atoms with Crippen LogP contribution in [0, 0.1) is 0 Å². The Bertz CT molecular complexity index is 476. The molecule has 0 radical (unpaired) electrons. The first-order valence-electron chi connectivity index (χ1n) is 9.31. The van der Waals surface area contributed by atoms with Crippen molar-refractivity contribution in [2.75, 3.05) is 13.1 Å². The number of carbonyl (C=O) groups is 1. The highest BCUT2D eigenvalue weighted by molar-refractivity contribution is 5.70. The molecular formula is C20H29NO2. The number of ether oxygens (including phenoxy) is 1. The topological polar surface area (TPSA) is 29.5 Å². The second-order valence-corrected chi connectivity index (χ2v) is 6.98. The Morgan fingerprint density at radius 1 is 1.00 bits per heavy atom. The lowest BCUT2D eigenvalue weighted by molar-refractivity contribution is -0.152. The highest BCUT2D eigenvalue weighted by Gasteiger charge is 2.27. The first-order valence-corrected chi connectivity index (χ1v) is 9.31. The quantitative estimate of drug-likeness (QED) is 0.750. The lowest BCUT2D eigenvalue weighted by Gasteiger charge is -2.34. The summed E-state index contributed by atoms with van der Waals surface area (Å²) in [5, 5.41) is 0. The van der Waals surface area contributed by atoms with Gasteiger partial charge in [0.25, 0.3) is 0 Å². The van der Waals surface area contributed by atoms with Crippen molar-refractivity contribution in [3.05, 3.63) is 35.9 Å². The molecule has 1 aromatic carbocycles. The normalized spacial score (nSPS) is 21.7. The molecule has 3 heteroatoms. The van der Waals surface area contributed by atoms with Crippen molar-refractivity contribution in [2.24, 2.45) is 0 Å². The smallest absolute Gasteiger partial charge is 0.308 e. The van der Waals surface area contributed by atoms with Gasteiger partial charge in [-0.15, -0.1) is 0 Å². The van der Waals surface area contributed by atoms with Gasteiger partial charge in [0.15, 0.2) is 0 Å². The molecule has 2 aliphatic rings. The average molecular weight is 315 g/mol. The van der Waals surface area contributed by atoms with Gasteiger partial charge in [-0.3, -0.25) is 9.69 Å². The van der Waals surface area contributed by atoms with Crippen LogP contribution in [0.5, 0.6) is 0 Å². The molecule has 0 spiro atoms. The molecule has 0 N–H and O–H groups in total. The van der Waals surface area contributed by atoms with E-state index in [0.29, 0.717) is 6.42 Å². The summed E-state index contributed by atoms with van der Waals surface area (Å²) in [4.78, 5) is 15.0. The SMILES string of the molecule is O=C(C[C@@H](c1ccccc1)N1CCCCC1)OC1CCCCC1. The number of esters is 1. The van der Waals surface area contributed by atoms with Gasteiger partial charge in [-0.2, -0.15) is 0 Å². The van der Waals surface area contributed by atoms with E-state index in [0.717, 1.165) is 25.9 Å². The molecule has 23 heavy (non-hydrogen) atoms. The van der Waals surface area contributed by atoms with Crippen LogP contribution in [-0.4, -0.2) is 30.1 Å². The maximum Gasteiger partial charge on any atom is 0.308 e. The van der Waals surface area contributed by atoms with Gasteiger partial charge < -0.3 is 4.74 Å². The van der Waals surface area contributed by atoms with Crippen LogP contribution in [0.25, 0.3) is 0 Å². The van der Waals surface area contributed by atoms with E-state index < -0.39 is 0 Å². The van der Waals surface area contributed by atoms with Crippen LogP contribution in [0.15, 0.2) is 30.3 Å². The standard InChI is InChI=1S/C20H29NO2/c22-20(23-18-12-6-2-7-13-18)16-19(17-10-4-1-5-11-17)21-14-8-3-9-15-21/h1,4-5,10-11,18-19H,2-3,6-9,12-16H2/t19-/m0/s1. The highest BCUT2D eigenvalue weighted by atomic mass is 16.5. The molecule has 3 rings (SSSR count). The number of hydrogen-bond donors (Lipinski definition) is 0. The minimum absolute atomic E-state index is 0.0173. The van der Waals surface area contributed by atoms with Gasteiger partial charge in [0.2, 0.25) is 0 Å². The molecular weight excluding hydrogens is 286 g/mol. The van der Waals surface area contributed by atoms with Crippen LogP contribution in [-0.2, 0) is 9.53 Å². The van der Waals surface area contributed by atoms with Crippen molar-refractivity contribution < 1.29 is 9.53 Å². The fourth-order valence-corrected chi connectivity index (χ4v) is 3.94. The van der Waals surface area contributed by atoms with E-state index in [-0.39, 0.29) is 18.1 Å². The third-order valence-corrected chi connectivity index (χ3v) is 5.23. The second-order valence-electron chi connectivity index (χ2n) is 6.98. The number of nitrogens with zero attached hydrogens (tertiary/aromatic N) is 1. The summed E-state index contributed by atoms with van der Waals surface area (Å²) in [6.45, 7) is 2.19. The fourth-order valence-electron chi connectivity index (χ4n) is 3.94. The Hall–Kier alpha value is -1.35. The van der Waals surface area contributed by atoms with Crippen LogP contribution < -0.4 is 0 Å². The van der Waals surface area contributed by atoms with Crippen LogP contribution in [0.4, 0.5) is 0 Å². The largest absolute Gasteiger partial charge is 0.462 e. The Morgan fingerprint density at radius 2 is 1.65 bits per heavy atom. The Balaban J connectivity index is 1.64. The van der Waals surface area contributed by atoms with Crippen molar-refractivity contribution >= 4 is 5.97 Å². The molecule has 1 atom stereocenters. The maximum atomic E-state index is 12.5. The lowest BCUT2D eigenvalue weighted by Crippen LogP contribution is -2.35. The van der Waals surface area contributed by atoms with E-state index in [1.807, 2.05) is 6.07 Å². The monoisotopic (exact) mass is 315 g/mol. The van der Waals surface area contributed by atoms with Crippen LogP contribution in [0.3, 0.4) is 0 Å². The molecule has 1 aliphatic carbocycles. The van der Waals surface area contributed by atoms with Gasteiger partial charge in [0.1, 0.15) is 6.10 Å².